The molecule has 0 bridgehead atoms. The molecule has 20 heavy (non-hydrogen) atoms. The highest BCUT2D eigenvalue weighted by Crippen LogP contribution is 2.16. The molecule has 1 aromatic heterocycles. The smallest absolute Gasteiger partial charge is 0.309 e. The first-order valence-corrected chi connectivity index (χ1v) is 6.91. The maximum Gasteiger partial charge on any atom is 0.309 e. The van der Waals surface area contributed by atoms with Gasteiger partial charge in [-0.05, 0) is 20.3 Å². The van der Waals surface area contributed by atoms with Crippen LogP contribution in [0.1, 0.15) is 47.1 Å². The first-order valence-electron chi connectivity index (χ1n) is 6.91. The minimum Gasteiger partial charge on any atom is -0.452 e. The van der Waals surface area contributed by atoms with E-state index in [9.17, 15) is 9.59 Å². The highest BCUT2D eigenvalue weighted by molar-refractivity contribution is 5.94. The molecular formula is C14H23N3O3. The van der Waals surface area contributed by atoms with Crippen molar-refractivity contribution in [2.24, 2.45) is 5.92 Å². The number of aromatic nitrogens is 2. The summed E-state index contributed by atoms with van der Waals surface area (Å²) in [6.07, 6.45) is 1.71. The zero-order valence-electron chi connectivity index (χ0n) is 12.7. The number of rotatable bonds is 6. The van der Waals surface area contributed by atoms with Crippen LogP contribution in [0.4, 0.5) is 5.82 Å². The number of nitrogens with zero attached hydrogens (tertiary/aromatic N) is 2. The third kappa shape index (κ3) is 4.08. The maximum absolute atomic E-state index is 12.0. The van der Waals surface area contributed by atoms with Gasteiger partial charge >= 0.3 is 5.97 Å². The standard InChI is InChI=1S/C14H23N3O3/c1-6-10(4)17-12(7-8-15-17)16-13(18)11(5)20-14(19)9(2)3/h7-11H,6H2,1-5H3,(H,16,18)/t10-,11-/m0/s1. The molecule has 1 aromatic rings. The predicted molar refractivity (Wildman–Crippen MR) is 76.3 cm³/mol. The predicted octanol–water partition coefficient (Wildman–Crippen LogP) is 2.38. The summed E-state index contributed by atoms with van der Waals surface area (Å²) in [5.41, 5.74) is 0. The average Bonchev–Trinajstić information content (AvgIpc) is 2.85. The molecule has 1 N–H and O–H groups in total. The van der Waals surface area contributed by atoms with Crippen molar-refractivity contribution in [2.45, 2.75) is 53.2 Å². The molecule has 0 spiro atoms. The summed E-state index contributed by atoms with van der Waals surface area (Å²) in [6, 6.07) is 1.91. The van der Waals surface area contributed by atoms with Crippen molar-refractivity contribution in [3.05, 3.63) is 12.3 Å². The molecule has 1 amide bonds. The van der Waals surface area contributed by atoms with Gasteiger partial charge in [0.1, 0.15) is 5.82 Å². The summed E-state index contributed by atoms with van der Waals surface area (Å²) in [4.78, 5) is 23.5. The molecule has 6 heteroatoms. The number of anilines is 1. The fourth-order valence-electron chi connectivity index (χ4n) is 1.53. The largest absolute Gasteiger partial charge is 0.452 e. The Morgan fingerprint density at radius 2 is 2.00 bits per heavy atom. The van der Waals surface area contributed by atoms with Gasteiger partial charge in [-0.15, -0.1) is 0 Å². The number of amides is 1. The molecule has 0 fully saturated rings. The van der Waals surface area contributed by atoms with E-state index >= 15 is 0 Å². The Morgan fingerprint density at radius 3 is 2.55 bits per heavy atom. The molecule has 0 unspecified atom stereocenters. The van der Waals surface area contributed by atoms with E-state index in [4.69, 9.17) is 4.74 Å². The van der Waals surface area contributed by atoms with Gasteiger partial charge in [-0.1, -0.05) is 20.8 Å². The molecule has 6 nitrogen and oxygen atoms in total. The Morgan fingerprint density at radius 1 is 1.35 bits per heavy atom. The van der Waals surface area contributed by atoms with Gasteiger partial charge in [-0.2, -0.15) is 5.10 Å². The molecular weight excluding hydrogens is 258 g/mol. The number of ether oxygens (including phenoxy) is 1. The Labute approximate surface area is 119 Å². The summed E-state index contributed by atoms with van der Waals surface area (Å²) in [5.74, 6) is -0.389. The highest BCUT2D eigenvalue weighted by Gasteiger charge is 2.21. The van der Waals surface area contributed by atoms with Gasteiger partial charge in [-0.3, -0.25) is 9.59 Å². The van der Waals surface area contributed by atoms with Gasteiger partial charge in [0.2, 0.25) is 0 Å². The number of hydrogen-bond donors (Lipinski definition) is 1. The molecule has 0 aliphatic heterocycles. The van der Waals surface area contributed by atoms with Crippen molar-refractivity contribution < 1.29 is 14.3 Å². The lowest BCUT2D eigenvalue weighted by Crippen LogP contribution is -2.32. The second-order valence-electron chi connectivity index (χ2n) is 5.14. The monoisotopic (exact) mass is 281 g/mol. The molecule has 0 aliphatic rings. The van der Waals surface area contributed by atoms with Gasteiger partial charge in [-0.25, -0.2) is 4.68 Å². The topological polar surface area (TPSA) is 73.2 Å². The molecule has 1 rings (SSSR count). The van der Waals surface area contributed by atoms with Crippen LogP contribution in [0.15, 0.2) is 12.3 Å². The van der Waals surface area contributed by atoms with Crippen molar-refractivity contribution >= 4 is 17.7 Å². The second kappa shape index (κ2) is 7.07. The number of hydrogen-bond acceptors (Lipinski definition) is 4. The summed E-state index contributed by atoms with van der Waals surface area (Å²) >= 11 is 0. The highest BCUT2D eigenvalue weighted by atomic mass is 16.5. The fraction of sp³-hybridized carbons (Fsp3) is 0.643. The van der Waals surface area contributed by atoms with E-state index in [1.165, 1.54) is 0 Å². The van der Waals surface area contributed by atoms with E-state index in [2.05, 4.69) is 10.4 Å². The zero-order valence-corrected chi connectivity index (χ0v) is 12.7. The van der Waals surface area contributed by atoms with Gasteiger partial charge in [0.25, 0.3) is 5.91 Å². The Kier molecular flexibility index (Phi) is 5.73. The molecule has 0 saturated heterocycles. The van der Waals surface area contributed by atoms with Crippen LogP contribution in [-0.2, 0) is 14.3 Å². The van der Waals surface area contributed by atoms with Gasteiger partial charge < -0.3 is 10.1 Å². The van der Waals surface area contributed by atoms with Crippen LogP contribution in [0.5, 0.6) is 0 Å². The number of carbonyl (C=O) groups excluding carboxylic acids is 2. The average molecular weight is 281 g/mol. The van der Waals surface area contributed by atoms with E-state index in [-0.39, 0.29) is 23.8 Å². The van der Waals surface area contributed by atoms with Gasteiger partial charge in [0.05, 0.1) is 18.2 Å². The SMILES string of the molecule is CC[C@H](C)n1nccc1NC(=O)[C@H](C)OC(=O)C(C)C. The van der Waals surface area contributed by atoms with Crippen LogP contribution >= 0.6 is 0 Å². The lowest BCUT2D eigenvalue weighted by Gasteiger charge is -2.17. The van der Waals surface area contributed by atoms with Crippen molar-refractivity contribution in [1.29, 1.82) is 0 Å². The third-order valence-corrected chi connectivity index (χ3v) is 3.06. The minimum atomic E-state index is -0.829. The number of carbonyl (C=O) groups is 2. The second-order valence-corrected chi connectivity index (χ2v) is 5.14. The van der Waals surface area contributed by atoms with E-state index in [1.807, 2.05) is 13.8 Å². The molecule has 0 radical (unpaired) electrons. The van der Waals surface area contributed by atoms with E-state index in [1.54, 1.807) is 37.7 Å². The van der Waals surface area contributed by atoms with Crippen LogP contribution < -0.4 is 5.32 Å². The molecule has 2 atom stereocenters. The third-order valence-electron chi connectivity index (χ3n) is 3.06. The van der Waals surface area contributed by atoms with Crippen LogP contribution in [0.2, 0.25) is 0 Å². The molecule has 0 saturated carbocycles. The van der Waals surface area contributed by atoms with Crippen molar-refractivity contribution in [3.63, 3.8) is 0 Å². The van der Waals surface area contributed by atoms with Crippen LogP contribution in [0.3, 0.4) is 0 Å². The molecule has 0 aromatic carbocycles. The van der Waals surface area contributed by atoms with E-state index in [0.717, 1.165) is 6.42 Å². The first-order chi connectivity index (χ1) is 9.36. The maximum atomic E-state index is 12.0. The van der Waals surface area contributed by atoms with Gasteiger partial charge in [0.15, 0.2) is 6.10 Å². The van der Waals surface area contributed by atoms with E-state index < -0.39 is 6.10 Å². The van der Waals surface area contributed by atoms with Crippen molar-refractivity contribution in [2.75, 3.05) is 5.32 Å². The Balaban J connectivity index is 2.67. The zero-order chi connectivity index (χ0) is 15.3. The van der Waals surface area contributed by atoms with Gasteiger partial charge in [0, 0.05) is 6.07 Å². The summed E-state index contributed by atoms with van der Waals surface area (Å²) in [5, 5.41) is 6.92. The fourth-order valence-corrected chi connectivity index (χ4v) is 1.53. The lowest BCUT2D eigenvalue weighted by molar-refractivity contribution is -0.156. The molecule has 1 heterocycles. The molecule has 0 aliphatic carbocycles. The Bertz CT molecular complexity index is 468. The van der Waals surface area contributed by atoms with Crippen molar-refractivity contribution in [1.82, 2.24) is 9.78 Å². The lowest BCUT2D eigenvalue weighted by atomic mass is 10.2. The van der Waals surface area contributed by atoms with Crippen molar-refractivity contribution in [3.8, 4) is 0 Å². The Hall–Kier alpha value is -1.85. The number of esters is 1. The summed E-state index contributed by atoms with van der Waals surface area (Å²) < 4.78 is 6.81. The quantitative estimate of drug-likeness (QED) is 0.812. The van der Waals surface area contributed by atoms with E-state index in [0.29, 0.717) is 5.82 Å². The first kappa shape index (κ1) is 16.2. The number of nitrogens with one attached hydrogen (secondary N) is 1. The summed E-state index contributed by atoms with van der Waals surface area (Å²) in [6.45, 7) is 9.07. The van der Waals surface area contributed by atoms with Crippen LogP contribution in [0.25, 0.3) is 0 Å². The van der Waals surface area contributed by atoms with Crippen LogP contribution in [-0.4, -0.2) is 27.8 Å². The van der Waals surface area contributed by atoms with Crippen LogP contribution in [0, 0.1) is 5.92 Å². The minimum absolute atomic E-state index is 0.189. The summed E-state index contributed by atoms with van der Waals surface area (Å²) in [7, 11) is 0. The normalized spacial score (nSPS) is 13.9. The molecule has 112 valence electrons.